The molecule has 3 aliphatic rings. The van der Waals surface area contributed by atoms with Crippen LogP contribution in [-0.2, 0) is 4.74 Å². The molecule has 130 valence electrons. The van der Waals surface area contributed by atoms with Gasteiger partial charge < -0.3 is 19.3 Å². The van der Waals surface area contributed by atoms with Crippen molar-refractivity contribution in [3.8, 4) is 5.75 Å². The number of urea groups is 1. The number of pyridine rings is 1. The molecule has 6 nitrogen and oxygen atoms in total. The maximum absolute atomic E-state index is 12.7. The van der Waals surface area contributed by atoms with Gasteiger partial charge >= 0.3 is 6.03 Å². The highest BCUT2D eigenvalue weighted by Gasteiger charge is 2.46. The molecule has 0 aliphatic carbocycles. The van der Waals surface area contributed by atoms with Crippen molar-refractivity contribution in [1.82, 2.24) is 14.8 Å². The van der Waals surface area contributed by atoms with Crippen LogP contribution in [0.1, 0.15) is 32.1 Å². The Balaban J connectivity index is 1.37. The highest BCUT2D eigenvalue weighted by molar-refractivity contribution is 5.75. The van der Waals surface area contributed by atoms with Crippen molar-refractivity contribution in [2.45, 2.75) is 43.8 Å². The highest BCUT2D eigenvalue weighted by atomic mass is 16.6. The van der Waals surface area contributed by atoms with Gasteiger partial charge in [0.05, 0.1) is 24.9 Å². The lowest BCUT2D eigenvalue weighted by Gasteiger charge is -2.40. The van der Waals surface area contributed by atoms with Crippen LogP contribution in [0.4, 0.5) is 4.79 Å². The summed E-state index contributed by atoms with van der Waals surface area (Å²) in [6.07, 6.45) is 8.60. The third-order valence-corrected chi connectivity index (χ3v) is 5.30. The van der Waals surface area contributed by atoms with E-state index in [4.69, 9.17) is 9.47 Å². The number of rotatable bonds is 2. The quantitative estimate of drug-likeness (QED) is 0.834. The van der Waals surface area contributed by atoms with Crippen LogP contribution in [-0.4, -0.2) is 65.3 Å². The first-order chi connectivity index (χ1) is 11.7. The molecule has 0 saturated carbocycles. The molecule has 0 unspecified atom stereocenters. The lowest BCUT2D eigenvalue weighted by molar-refractivity contribution is -0.0442. The minimum Gasteiger partial charge on any atom is -0.486 e. The van der Waals surface area contributed by atoms with E-state index in [0.29, 0.717) is 13.2 Å². The van der Waals surface area contributed by atoms with Gasteiger partial charge in [-0.25, -0.2) is 4.79 Å². The van der Waals surface area contributed by atoms with Crippen LogP contribution in [0.5, 0.6) is 5.75 Å². The highest BCUT2D eigenvalue weighted by Crippen LogP contribution is 2.36. The van der Waals surface area contributed by atoms with Crippen molar-refractivity contribution < 1.29 is 14.3 Å². The predicted molar refractivity (Wildman–Crippen MR) is 89.0 cm³/mol. The number of ether oxygens (including phenoxy) is 2. The van der Waals surface area contributed by atoms with Crippen LogP contribution in [0.3, 0.4) is 0 Å². The van der Waals surface area contributed by atoms with E-state index in [9.17, 15) is 4.79 Å². The number of piperidine rings is 1. The molecule has 2 atom stereocenters. The molecule has 3 saturated heterocycles. The fraction of sp³-hybridized carbons (Fsp3) is 0.667. The molecule has 24 heavy (non-hydrogen) atoms. The Morgan fingerprint density at radius 3 is 2.88 bits per heavy atom. The topological polar surface area (TPSA) is 54.9 Å². The van der Waals surface area contributed by atoms with E-state index in [1.165, 1.54) is 0 Å². The lowest BCUT2D eigenvalue weighted by atomic mass is 9.89. The van der Waals surface area contributed by atoms with Gasteiger partial charge in [-0.15, -0.1) is 0 Å². The van der Waals surface area contributed by atoms with E-state index in [2.05, 4.69) is 4.98 Å². The normalized spacial score (nSPS) is 30.1. The van der Waals surface area contributed by atoms with E-state index in [0.717, 1.165) is 57.5 Å². The van der Waals surface area contributed by atoms with Gasteiger partial charge in [0, 0.05) is 32.3 Å². The van der Waals surface area contributed by atoms with E-state index in [-0.39, 0.29) is 17.7 Å². The first-order valence-electron chi connectivity index (χ1n) is 8.99. The minimum absolute atomic E-state index is 0.0380. The summed E-state index contributed by atoms with van der Waals surface area (Å²) in [5.41, 5.74) is -0.236. The summed E-state index contributed by atoms with van der Waals surface area (Å²) in [6.45, 7) is 3.91. The SMILES string of the molecule is O=C(N1CCCC1)N1CCC[C@]2(C[C@@H](Oc3cccnc3)CO2)C1. The molecule has 1 aromatic heterocycles. The van der Waals surface area contributed by atoms with Crippen molar-refractivity contribution in [2.75, 3.05) is 32.8 Å². The van der Waals surface area contributed by atoms with Gasteiger partial charge in [0.25, 0.3) is 0 Å². The number of hydrogen-bond donors (Lipinski definition) is 0. The number of likely N-dealkylation sites (tertiary alicyclic amines) is 2. The molecule has 2 amide bonds. The number of carbonyl (C=O) groups is 1. The molecule has 6 heteroatoms. The second kappa shape index (κ2) is 6.59. The van der Waals surface area contributed by atoms with Gasteiger partial charge in [0.1, 0.15) is 11.9 Å². The third-order valence-electron chi connectivity index (χ3n) is 5.30. The molecule has 3 aliphatic heterocycles. The van der Waals surface area contributed by atoms with E-state index in [1.54, 1.807) is 12.4 Å². The van der Waals surface area contributed by atoms with E-state index in [1.807, 2.05) is 21.9 Å². The molecule has 0 aromatic carbocycles. The van der Waals surface area contributed by atoms with Crippen molar-refractivity contribution in [2.24, 2.45) is 0 Å². The Bertz CT molecular complexity index is 576. The average Bonchev–Trinajstić information content (AvgIpc) is 3.26. The van der Waals surface area contributed by atoms with Crippen LogP contribution >= 0.6 is 0 Å². The van der Waals surface area contributed by atoms with E-state index >= 15 is 0 Å². The summed E-state index contributed by atoms with van der Waals surface area (Å²) in [4.78, 5) is 20.7. The molecular weight excluding hydrogens is 306 g/mol. The summed E-state index contributed by atoms with van der Waals surface area (Å²) < 4.78 is 12.1. The van der Waals surface area contributed by atoms with Crippen molar-refractivity contribution >= 4 is 6.03 Å². The number of hydrogen-bond acceptors (Lipinski definition) is 4. The number of aromatic nitrogens is 1. The fourth-order valence-electron chi connectivity index (χ4n) is 4.14. The molecule has 0 N–H and O–H groups in total. The smallest absolute Gasteiger partial charge is 0.320 e. The summed E-state index contributed by atoms with van der Waals surface area (Å²) >= 11 is 0. The third kappa shape index (κ3) is 3.20. The van der Waals surface area contributed by atoms with Gasteiger partial charge in [0.2, 0.25) is 0 Å². The monoisotopic (exact) mass is 331 g/mol. The predicted octanol–water partition coefficient (Wildman–Crippen LogP) is 2.30. The molecule has 4 heterocycles. The van der Waals surface area contributed by atoms with E-state index < -0.39 is 0 Å². The van der Waals surface area contributed by atoms with Crippen molar-refractivity contribution in [3.05, 3.63) is 24.5 Å². The van der Waals surface area contributed by atoms with Crippen LogP contribution in [0, 0.1) is 0 Å². The average molecular weight is 331 g/mol. The zero-order valence-corrected chi connectivity index (χ0v) is 14.0. The summed E-state index contributed by atoms with van der Waals surface area (Å²) in [5.74, 6) is 0.781. The maximum atomic E-state index is 12.7. The fourth-order valence-corrected chi connectivity index (χ4v) is 4.14. The number of amides is 2. The first-order valence-corrected chi connectivity index (χ1v) is 8.99. The molecule has 0 radical (unpaired) electrons. The van der Waals surface area contributed by atoms with Gasteiger partial charge in [-0.2, -0.15) is 0 Å². The second-order valence-electron chi connectivity index (χ2n) is 7.13. The van der Waals surface area contributed by atoms with Crippen LogP contribution < -0.4 is 4.74 Å². The zero-order valence-electron chi connectivity index (χ0n) is 14.0. The van der Waals surface area contributed by atoms with Crippen LogP contribution in [0.2, 0.25) is 0 Å². The lowest BCUT2D eigenvalue weighted by Crippen LogP contribution is -2.53. The summed E-state index contributed by atoms with van der Waals surface area (Å²) in [6, 6.07) is 3.98. The number of nitrogens with zero attached hydrogens (tertiary/aromatic N) is 3. The number of carbonyl (C=O) groups excluding carboxylic acids is 1. The Kier molecular flexibility index (Phi) is 4.31. The molecule has 1 aromatic rings. The standard InChI is InChI=1S/C18H25N3O3/c22-17(20-8-1-2-9-20)21-10-4-6-18(14-21)11-16(13-23-18)24-15-5-3-7-19-12-15/h3,5,7,12,16H,1-2,4,6,8-11,13-14H2/t16-,18+/m1/s1. The molecular formula is C18H25N3O3. The Morgan fingerprint density at radius 2 is 2.08 bits per heavy atom. The van der Waals surface area contributed by atoms with Crippen molar-refractivity contribution in [3.63, 3.8) is 0 Å². The van der Waals surface area contributed by atoms with Gasteiger partial charge in [-0.05, 0) is 37.8 Å². The maximum Gasteiger partial charge on any atom is 0.320 e. The molecule has 4 rings (SSSR count). The molecule has 0 bridgehead atoms. The largest absolute Gasteiger partial charge is 0.486 e. The summed E-state index contributed by atoms with van der Waals surface area (Å²) in [5, 5.41) is 0. The second-order valence-corrected chi connectivity index (χ2v) is 7.13. The minimum atomic E-state index is -0.236. The zero-order chi connectivity index (χ0) is 16.4. The van der Waals surface area contributed by atoms with Crippen molar-refractivity contribution in [1.29, 1.82) is 0 Å². The van der Waals surface area contributed by atoms with Crippen LogP contribution in [0.15, 0.2) is 24.5 Å². The van der Waals surface area contributed by atoms with Gasteiger partial charge in [-0.3, -0.25) is 4.98 Å². The molecule has 1 spiro atoms. The first kappa shape index (κ1) is 15.7. The van der Waals surface area contributed by atoms with Crippen LogP contribution in [0.25, 0.3) is 0 Å². The Hall–Kier alpha value is -1.82. The Morgan fingerprint density at radius 1 is 1.25 bits per heavy atom. The molecule has 3 fully saturated rings. The van der Waals surface area contributed by atoms with Gasteiger partial charge in [-0.1, -0.05) is 0 Å². The summed E-state index contributed by atoms with van der Waals surface area (Å²) in [7, 11) is 0. The van der Waals surface area contributed by atoms with Gasteiger partial charge in [0.15, 0.2) is 0 Å². The Labute approximate surface area is 142 Å².